The van der Waals surface area contributed by atoms with Crippen molar-refractivity contribution < 1.29 is 18.3 Å². The van der Waals surface area contributed by atoms with E-state index in [1.165, 1.54) is 32.1 Å². The van der Waals surface area contributed by atoms with Crippen molar-refractivity contribution in [3.05, 3.63) is 12.2 Å². The van der Waals surface area contributed by atoms with E-state index in [9.17, 15) is 13.6 Å². The Morgan fingerprint density at radius 2 is 1.50 bits per heavy atom. The molecule has 118 valence electrons. The predicted molar refractivity (Wildman–Crippen MR) is 77.9 cm³/mol. The number of esters is 1. The summed E-state index contributed by atoms with van der Waals surface area (Å²) in [5, 5.41) is 0. The summed E-state index contributed by atoms with van der Waals surface area (Å²) in [5.74, 6) is -1.40. The summed E-state index contributed by atoms with van der Waals surface area (Å²) in [6.45, 7) is 2.31. The summed E-state index contributed by atoms with van der Waals surface area (Å²) in [6.07, 6.45) is 12.6. The van der Waals surface area contributed by atoms with Crippen LogP contribution in [0.15, 0.2) is 12.2 Å². The molecule has 0 fully saturated rings. The molecule has 0 aromatic heterocycles. The van der Waals surface area contributed by atoms with Crippen molar-refractivity contribution in [3.63, 3.8) is 0 Å². The number of rotatable bonds is 13. The van der Waals surface area contributed by atoms with Crippen molar-refractivity contribution in [2.24, 2.45) is 0 Å². The largest absolute Gasteiger partial charge is 0.461 e. The van der Waals surface area contributed by atoms with E-state index >= 15 is 0 Å². The van der Waals surface area contributed by atoms with Gasteiger partial charge >= 0.3 is 12.4 Å². The molecule has 20 heavy (non-hydrogen) atoms. The molecule has 0 saturated carbocycles. The number of hydrogen-bond donors (Lipinski definition) is 0. The van der Waals surface area contributed by atoms with Gasteiger partial charge in [0.15, 0.2) is 0 Å². The minimum atomic E-state index is -3.00. The minimum absolute atomic E-state index is 0.114. The molecule has 0 aliphatic carbocycles. The molecule has 0 bridgehead atoms. The first-order valence-electron chi connectivity index (χ1n) is 7.78. The molecular weight excluding hydrogens is 262 g/mol. The molecule has 4 heteroatoms. The van der Waals surface area contributed by atoms with E-state index in [0.29, 0.717) is 6.42 Å². The molecule has 0 aromatic carbocycles. The van der Waals surface area contributed by atoms with Crippen molar-refractivity contribution in [2.45, 2.75) is 77.6 Å². The lowest BCUT2D eigenvalue weighted by Crippen LogP contribution is -2.14. The Morgan fingerprint density at radius 1 is 0.950 bits per heavy atom. The number of halogens is 2. The van der Waals surface area contributed by atoms with Gasteiger partial charge in [0.2, 0.25) is 0 Å². The second kappa shape index (κ2) is 14.5. The summed E-state index contributed by atoms with van der Waals surface area (Å²) < 4.78 is 28.0. The zero-order chi connectivity index (χ0) is 15.1. The van der Waals surface area contributed by atoms with Gasteiger partial charge in [-0.3, -0.25) is 0 Å². The predicted octanol–water partition coefficient (Wildman–Crippen LogP) is 5.27. The first kappa shape index (κ1) is 19.1. The highest BCUT2D eigenvalue weighted by molar-refractivity contribution is 5.72. The molecule has 0 N–H and O–H groups in total. The van der Waals surface area contributed by atoms with Crippen molar-refractivity contribution in [1.29, 1.82) is 0 Å². The molecule has 0 radical (unpaired) electrons. The third kappa shape index (κ3) is 13.5. The third-order valence-corrected chi connectivity index (χ3v) is 3.08. The zero-order valence-electron chi connectivity index (χ0n) is 12.6. The van der Waals surface area contributed by atoms with Crippen LogP contribution in [0.1, 0.15) is 71.1 Å². The van der Waals surface area contributed by atoms with Gasteiger partial charge in [0.25, 0.3) is 0 Å². The fourth-order valence-corrected chi connectivity index (χ4v) is 1.86. The molecule has 0 heterocycles. The summed E-state index contributed by atoms with van der Waals surface area (Å²) >= 11 is 0. The van der Waals surface area contributed by atoms with Crippen LogP contribution >= 0.6 is 0 Å². The number of hydrogen-bond acceptors (Lipinski definition) is 2. The summed E-state index contributed by atoms with van der Waals surface area (Å²) in [4.78, 5) is 10.5. The van der Waals surface area contributed by atoms with E-state index in [4.69, 9.17) is 0 Å². The minimum Gasteiger partial charge on any atom is -0.461 e. The van der Waals surface area contributed by atoms with Gasteiger partial charge in [-0.15, -0.1) is 0 Å². The Bertz CT molecular complexity index is 253. The maximum atomic E-state index is 11.8. The van der Waals surface area contributed by atoms with Crippen LogP contribution in [-0.4, -0.2) is 19.0 Å². The monoisotopic (exact) mass is 290 g/mol. The normalized spacial score (nSPS) is 11.4. The smallest absolute Gasteiger partial charge is 0.373 e. The Hall–Kier alpha value is -0.930. The molecule has 0 rings (SSSR count). The van der Waals surface area contributed by atoms with E-state index in [1.54, 1.807) is 0 Å². The average molecular weight is 290 g/mol. The molecule has 0 spiro atoms. The van der Waals surface area contributed by atoms with E-state index in [2.05, 4.69) is 23.8 Å². The van der Waals surface area contributed by atoms with Crippen LogP contribution in [0, 0.1) is 0 Å². The van der Waals surface area contributed by atoms with Gasteiger partial charge in [-0.05, 0) is 25.7 Å². The van der Waals surface area contributed by atoms with E-state index < -0.39 is 12.4 Å². The Balaban J connectivity index is 3.13. The second-order valence-electron chi connectivity index (χ2n) is 4.99. The highest BCUT2D eigenvalue weighted by Gasteiger charge is 2.15. The molecule has 0 aliphatic rings. The lowest BCUT2D eigenvalue weighted by molar-refractivity contribution is -0.156. The summed E-state index contributed by atoms with van der Waals surface area (Å²) in [7, 11) is 0. The number of unbranched alkanes of at least 4 members (excludes halogenated alkanes) is 8. The fraction of sp³-hybridized carbons (Fsp3) is 0.812. The van der Waals surface area contributed by atoms with Gasteiger partial charge in [-0.1, -0.05) is 57.6 Å². The highest BCUT2D eigenvalue weighted by atomic mass is 19.3. The van der Waals surface area contributed by atoms with E-state index in [1.807, 2.05) is 0 Å². The first-order chi connectivity index (χ1) is 9.68. The molecule has 0 unspecified atom stereocenters. The number of carbonyl (C=O) groups excluding carboxylic acids is 1. The van der Waals surface area contributed by atoms with Crippen LogP contribution in [0.25, 0.3) is 0 Å². The quantitative estimate of drug-likeness (QED) is 0.262. The van der Waals surface area contributed by atoms with E-state index in [0.717, 1.165) is 25.7 Å². The number of allylic oxidation sites excluding steroid dienone is 2. The maximum Gasteiger partial charge on any atom is 0.373 e. The average Bonchev–Trinajstić information content (AvgIpc) is 2.43. The van der Waals surface area contributed by atoms with Crippen molar-refractivity contribution in [1.82, 2.24) is 0 Å². The van der Waals surface area contributed by atoms with Crippen LogP contribution in [0.4, 0.5) is 8.78 Å². The van der Waals surface area contributed by atoms with Gasteiger partial charge in [0.1, 0.15) is 0 Å². The SMILES string of the molecule is CCCC/C=C/CCCCCCCCOC(=O)C(F)F. The zero-order valence-corrected chi connectivity index (χ0v) is 12.6. The molecule has 0 saturated heterocycles. The van der Waals surface area contributed by atoms with Crippen molar-refractivity contribution in [3.8, 4) is 0 Å². The molecule has 0 aliphatic heterocycles. The standard InChI is InChI=1S/C16H28F2O2/c1-2-3-4-5-6-7-8-9-10-11-12-13-14-20-16(19)15(17)18/h5-6,15H,2-4,7-14H2,1H3/b6-5+. The van der Waals surface area contributed by atoms with Crippen molar-refractivity contribution >= 4 is 5.97 Å². The lowest BCUT2D eigenvalue weighted by Gasteiger charge is -2.03. The van der Waals surface area contributed by atoms with Gasteiger partial charge in [-0.25, -0.2) is 4.79 Å². The van der Waals surface area contributed by atoms with Gasteiger partial charge in [0.05, 0.1) is 6.61 Å². The molecule has 0 atom stereocenters. The van der Waals surface area contributed by atoms with Crippen LogP contribution < -0.4 is 0 Å². The van der Waals surface area contributed by atoms with Gasteiger partial charge < -0.3 is 4.74 Å². The Morgan fingerprint density at radius 3 is 2.10 bits per heavy atom. The van der Waals surface area contributed by atoms with Gasteiger partial charge in [0, 0.05) is 0 Å². The van der Waals surface area contributed by atoms with E-state index in [-0.39, 0.29) is 6.61 Å². The lowest BCUT2D eigenvalue weighted by atomic mass is 10.1. The fourth-order valence-electron chi connectivity index (χ4n) is 1.86. The second-order valence-corrected chi connectivity index (χ2v) is 4.99. The van der Waals surface area contributed by atoms with Crippen molar-refractivity contribution in [2.75, 3.05) is 6.61 Å². The number of carbonyl (C=O) groups is 1. The summed E-state index contributed by atoms with van der Waals surface area (Å²) in [6, 6.07) is 0. The van der Waals surface area contributed by atoms with Gasteiger partial charge in [-0.2, -0.15) is 8.78 Å². The molecule has 0 amide bonds. The Labute approximate surface area is 121 Å². The van der Waals surface area contributed by atoms with Crippen LogP contribution in [0.5, 0.6) is 0 Å². The highest BCUT2D eigenvalue weighted by Crippen LogP contribution is 2.08. The number of ether oxygens (including phenoxy) is 1. The maximum absolute atomic E-state index is 11.8. The molecule has 2 nitrogen and oxygen atoms in total. The van der Waals surface area contributed by atoms with Crippen LogP contribution in [0.2, 0.25) is 0 Å². The molecular formula is C16H28F2O2. The van der Waals surface area contributed by atoms with Crippen LogP contribution in [0.3, 0.4) is 0 Å². The third-order valence-electron chi connectivity index (χ3n) is 3.08. The Kier molecular flexibility index (Phi) is 13.8. The summed E-state index contributed by atoms with van der Waals surface area (Å²) in [5.41, 5.74) is 0. The topological polar surface area (TPSA) is 26.3 Å². The number of alkyl halides is 2. The molecule has 0 aromatic rings. The first-order valence-corrected chi connectivity index (χ1v) is 7.78. The van der Waals surface area contributed by atoms with Crippen LogP contribution in [-0.2, 0) is 9.53 Å².